The zero-order valence-corrected chi connectivity index (χ0v) is 19.0. The molecule has 0 bridgehead atoms. The molecule has 0 fully saturated rings. The highest BCUT2D eigenvalue weighted by molar-refractivity contribution is 5.78. The standard InChI is InChI=1S/C24H35FN4O2/c1-4-29(5-2)24(31)15-10-14-23(30)28(3)16-8-6-7-13-21-18-22(27-26-21)19-11-9-12-20(25)17-19/h9,11-12,17-18H,4-8,10,13-16H2,1-3H3,(H,26,27). The minimum Gasteiger partial charge on any atom is -0.346 e. The molecule has 0 atom stereocenters. The Bertz CT molecular complexity index is 832. The highest BCUT2D eigenvalue weighted by Gasteiger charge is 2.12. The number of carbonyl (C=O) groups is 2. The molecule has 0 saturated carbocycles. The Balaban J connectivity index is 1.61. The maximum Gasteiger partial charge on any atom is 0.222 e. The number of nitrogens with one attached hydrogen (secondary N) is 1. The number of halogens is 1. The van der Waals surface area contributed by atoms with Crippen molar-refractivity contribution in [3.8, 4) is 11.3 Å². The van der Waals surface area contributed by atoms with E-state index in [1.54, 1.807) is 15.9 Å². The van der Waals surface area contributed by atoms with E-state index in [1.165, 1.54) is 12.1 Å². The average molecular weight is 431 g/mol. The Kier molecular flexibility index (Phi) is 10.2. The zero-order chi connectivity index (χ0) is 22.6. The quantitative estimate of drug-likeness (QED) is 0.478. The summed E-state index contributed by atoms with van der Waals surface area (Å²) in [6, 6.07) is 8.38. The Labute approximate surface area is 184 Å². The van der Waals surface area contributed by atoms with E-state index in [0.717, 1.165) is 49.2 Å². The molecule has 0 saturated heterocycles. The number of hydrogen-bond donors (Lipinski definition) is 1. The summed E-state index contributed by atoms with van der Waals surface area (Å²) in [6.45, 7) is 6.09. The highest BCUT2D eigenvalue weighted by Crippen LogP contribution is 2.19. The fraction of sp³-hybridized carbons (Fsp3) is 0.542. The summed E-state index contributed by atoms with van der Waals surface area (Å²) in [4.78, 5) is 27.8. The van der Waals surface area contributed by atoms with Gasteiger partial charge in [-0.05, 0) is 57.7 Å². The van der Waals surface area contributed by atoms with Gasteiger partial charge in [0.05, 0.1) is 5.69 Å². The number of nitrogens with zero attached hydrogens (tertiary/aromatic N) is 3. The first-order valence-electron chi connectivity index (χ1n) is 11.3. The van der Waals surface area contributed by atoms with Crippen LogP contribution in [0.3, 0.4) is 0 Å². The van der Waals surface area contributed by atoms with Crippen LogP contribution in [-0.4, -0.2) is 58.5 Å². The fourth-order valence-corrected chi connectivity index (χ4v) is 3.57. The smallest absolute Gasteiger partial charge is 0.222 e. The Morgan fingerprint density at radius 3 is 2.45 bits per heavy atom. The number of aromatic nitrogens is 2. The molecule has 2 aromatic rings. The maximum atomic E-state index is 13.4. The molecule has 1 aromatic heterocycles. The number of aromatic amines is 1. The van der Waals surface area contributed by atoms with Crippen molar-refractivity contribution in [2.75, 3.05) is 26.7 Å². The molecule has 1 heterocycles. The van der Waals surface area contributed by atoms with Gasteiger partial charge in [-0.2, -0.15) is 5.10 Å². The molecule has 0 radical (unpaired) electrons. The number of unbranched alkanes of at least 4 members (excludes halogenated alkanes) is 2. The molecule has 0 aliphatic heterocycles. The molecule has 1 N–H and O–H groups in total. The van der Waals surface area contributed by atoms with Crippen molar-refractivity contribution >= 4 is 11.8 Å². The first kappa shape index (κ1) is 24.6. The van der Waals surface area contributed by atoms with Gasteiger partial charge in [0.1, 0.15) is 5.82 Å². The third kappa shape index (κ3) is 8.15. The summed E-state index contributed by atoms with van der Waals surface area (Å²) in [5.74, 6) is -0.0447. The van der Waals surface area contributed by atoms with Gasteiger partial charge in [0, 0.05) is 50.8 Å². The van der Waals surface area contributed by atoms with Crippen molar-refractivity contribution in [2.24, 2.45) is 0 Å². The van der Waals surface area contributed by atoms with E-state index in [1.807, 2.05) is 33.0 Å². The second-order valence-electron chi connectivity index (χ2n) is 7.83. The predicted molar refractivity (Wildman–Crippen MR) is 121 cm³/mol. The number of rotatable bonds is 13. The van der Waals surface area contributed by atoms with E-state index in [9.17, 15) is 14.0 Å². The van der Waals surface area contributed by atoms with Crippen LogP contribution in [0.4, 0.5) is 4.39 Å². The van der Waals surface area contributed by atoms with E-state index in [2.05, 4.69) is 10.2 Å². The van der Waals surface area contributed by atoms with Gasteiger partial charge in [0.2, 0.25) is 11.8 Å². The van der Waals surface area contributed by atoms with Crippen molar-refractivity contribution in [3.05, 3.63) is 41.8 Å². The Morgan fingerprint density at radius 1 is 1.00 bits per heavy atom. The normalized spacial score (nSPS) is 10.8. The van der Waals surface area contributed by atoms with E-state index in [0.29, 0.717) is 32.4 Å². The summed E-state index contributed by atoms with van der Waals surface area (Å²) in [7, 11) is 1.83. The van der Waals surface area contributed by atoms with Crippen molar-refractivity contribution < 1.29 is 14.0 Å². The predicted octanol–water partition coefficient (Wildman–Crippen LogP) is 4.43. The molecule has 170 valence electrons. The lowest BCUT2D eigenvalue weighted by Gasteiger charge is -2.19. The van der Waals surface area contributed by atoms with E-state index in [4.69, 9.17) is 0 Å². The lowest BCUT2D eigenvalue weighted by molar-refractivity contribution is -0.132. The molecule has 2 rings (SSSR count). The highest BCUT2D eigenvalue weighted by atomic mass is 19.1. The molecule has 1 aromatic carbocycles. The molecule has 31 heavy (non-hydrogen) atoms. The Hall–Kier alpha value is -2.70. The van der Waals surface area contributed by atoms with E-state index >= 15 is 0 Å². The van der Waals surface area contributed by atoms with E-state index in [-0.39, 0.29) is 17.6 Å². The van der Waals surface area contributed by atoms with Crippen LogP contribution < -0.4 is 0 Å². The van der Waals surface area contributed by atoms with Crippen LogP contribution >= 0.6 is 0 Å². The van der Waals surface area contributed by atoms with Gasteiger partial charge in [-0.15, -0.1) is 0 Å². The molecule has 0 aliphatic carbocycles. The molecular formula is C24H35FN4O2. The minimum absolute atomic E-state index is 0.0978. The maximum absolute atomic E-state index is 13.4. The molecule has 0 unspecified atom stereocenters. The summed E-state index contributed by atoms with van der Waals surface area (Å²) in [6.07, 6.45) is 5.26. The van der Waals surface area contributed by atoms with Crippen LogP contribution in [-0.2, 0) is 16.0 Å². The first-order chi connectivity index (χ1) is 14.9. The van der Waals surface area contributed by atoms with Gasteiger partial charge in [-0.3, -0.25) is 14.7 Å². The van der Waals surface area contributed by atoms with Gasteiger partial charge in [-0.1, -0.05) is 18.6 Å². The van der Waals surface area contributed by atoms with Crippen LogP contribution in [0.1, 0.15) is 58.1 Å². The molecule has 2 amide bonds. The van der Waals surface area contributed by atoms with Crippen LogP contribution in [0.15, 0.2) is 30.3 Å². The van der Waals surface area contributed by atoms with Crippen LogP contribution in [0.5, 0.6) is 0 Å². The van der Waals surface area contributed by atoms with Gasteiger partial charge in [-0.25, -0.2) is 4.39 Å². The van der Waals surface area contributed by atoms with Gasteiger partial charge >= 0.3 is 0 Å². The monoisotopic (exact) mass is 430 g/mol. The van der Waals surface area contributed by atoms with Crippen LogP contribution in [0.2, 0.25) is 0 Å². The number of carbonyl (C=O) groups excluding carboxylic acids is 2. The average Bonchev–Trinajstić information content (AvgIpc) is 3.23. The van der Waals surface area contributed by atoms with Crippen LogP contribution in [0, 0.1) is 5.82 Å². The number of hydrogen-bond acceptors (Lipinski definition) is 3. The SMILES string of the molecule is CCN(CC)C(=O)CCCC(=O)N(C)CCCCCc1cc(-c2cccc(F)c2)n[nH]1. The molecule has 0 spiro atoms. The number of benzene rings is 1. The summed E-state index contributed by atoms with van der Waals surface area (Å²) in [5, 5.41) is 7.29. The molecule has 6 nitrogen and oxygen atoms in total. The van der Waals surface area contributed by atoms with Crippen molar-refractivity contribution in [2.45, 2.75) is 58.8 Å². The number of aryl methyl sites for hydroxylation is 1. The lowest BCUT2D eigenvalue weighted by atomic mass is 10.1. The summed E-state index contributed by atoms with van der Waals surface area (Å²) >= 11 is 0. The van der Waals surface area contributed by atoms with Crippen molar-refractivity contribution in [1.82, 2.24) is 20.0 Å². The summed E-state index contributed by atoms with van der Waals surface area (Å²) in [5.41, 5.74) is 2.54. The number of amides is 2. The Morgan fingerprint density at radius 2 is 1.74 bits per heavy atom. The van der Waals surface area contributed by atoms with Gasteiger partial charge in [0.15, 0.2) is 0 Å². The van der Waals surface area contributed by atoms with E-state index < -0.39 is 0 Å². The zero-order valence-electron chi connectivity index (χ0n) is 19.0. The number of H-pyrrole nitrogens is 1. The van der Waals surface area contributed by atoms with Crippen molar-refractivity contribution in [3.63, 3.8) is 0 Å². The van der Waals surface area contributed by atoms with Crippen molar-refractivity contribution in [1.29, 1.82) is 0 Å². The largest absolute Gasteiger partial charge is 0.346 e. The minimum atomic E-state index is -0.267. The van der Waals surface area contributed by atoms with Crippen LogP contribution in [0.25, 0.3) is 11.3 Å². The third-order valence-electron chi connectivity index (χ3n) is 5.51. The molecule has 0 aliphatic rings. The fourth-order valence-electron chi connectivity index (χ4n) is 3.57. The topological polar surface area (TPSA) is 69.3 Å². The summed E-state index contributed by atoms with van der Waals surface area (Å²) < 4.78 is 13.4. The third-order valence-corrected chi connectivity index (χ3v) is 5.51. The molecule has 7 heteroatoms. The van der Waals surface area contributed by atoms with Gasteiger partial charge < -0.3 is 9.80 Å². The second kappa shape index (κ2) is 12.9. The van der Waals surface area contributed by atoms with Gasteiger partial charge in [0.25, 0.3) is 0 Å². The first-order valence-corrected chi connectivity index (χ1v) is 11.3. The lowest BCUT2D eigenvalue weighted by Crippen LogP contribution is -2.31. The molecular weight excluding hydrogens is 395 g/mol. The second-order valence-corrected chi connectivity index (χ2v) is 7.83.